The van der Waals surface area contributed by atoms with Gasteiger partial charge in [-0.3, -0.25) is 4.98 Å². The van der Waals surface area contributed by atoms with Gasteiger partial charge >= 0.3 is 0 Å². The number of nitriles is 1. The molecule has 1 aromatic carbocycles. The summed E-state index contributed by atoms with van der Waals surface area (Å²) in [6.45, 7) is 0. The van der Waals surface area contributed by atoms with Gasteiger partial charge in [-0.1, -0.05) is 11.6 Å². The third-order valence-corrected chi connectivity index (χ3v) is 2.57. The zero-order valence-electron chi connectivity index (χ0n) is 9.14. The molecule has 3 nitrogen and oxygen atoms in total. The molecule has 2 aromatic rings. The number of ether oxygens (including phenoxy) is 1. The molecule has 0 atom stereocenters. The Morgan fingerprint density at radius 3 is 2.71 bits per heavy atom. The van der Waals surface area contributed by atoms with Crippen LogP contribution in [0.3, 0.4) is 0 Å². The third kappa shape index (κ3) is 2.38. The molecule has 4 heteroatoms. The Hall–Kier alpha value is -2.05. The first-order chi connectivity index (χ1) is 8.24. The molecule has 17 heavy (non-hydrogen) atoms. The van der Waals surface area contributed by atoms with Gasteiger partial charge in [-0.2, -0.15) is 5.26 Å². The van der Waals surface area contributed by atoms with Crippen molar-refractivity contribution < 1.29 is 4.74 Å². The summed E-state index contributed by atoms with van der Waals surface area (Å²) in [7, 11) is 1.59. The maximum atomic E-state index is 8.71. The Balaban J connectivity index is 2.51. The van der Waals surface area contributed by atoms with Crippen molar-refractivity contribution >= 4 is 11.6 Å². The number of methoxy groups -OCH3 is 1. The van der Waals surface area contributed by atoms with Gasteiger partial charge in [-0.15, -0.1) is 0 Å². The van der Waals surface area contributed by atoms with E-state index < -0.39 is 0 Å². The van der Waals surface area contributed by atoms with E-state index in [1.165, 1.54) is 6.20 Å². The molecular formula is C13H9ClN2O. The van der Waals surface area contributed by atoms with E-state index in [1.54, 1.807) is 37.4 Å². The minimum atomic E-state index is 0.523. The van der Waals surface area contributed by atoms with Crippen LogP contribution in [-0.2, 0) is 0 Å². The van der Waals surface area contributed by atoms with Gasteiger partial charge in [0.25, 0.3) is 0 Å². The van der Waals surface area contributed by atoms with Crippen LogP contribution >= 0.6 is 11.6 Å². The molecule has 1 aromatic heterocycles. The van der Waals surface area contributed by atoms with Gasteiger partial charge in [0, 0.05) is 16.8 Å². The van der Waals surface area contributed by atoms with Crippen molar-refractivity contribution in [3.05, 3.63) is 47.1 Å². The summed E-state index contributed by atoms with van der Waals surface area (Å²) in [5.41, 5.74) is 2.06. The van der Waals surface area contributed by atoms with Gasteiger partial charge in [-0.25, -0.2) is 0 Å². The molecule has 0 fully saturated rings. The summed E-state index contributed by atoms with van der Waals surface area (Å²) >= 11 is 5.95. The van der Waals surface area contributed by atoms with Crippen LogP contribution < -0.4 is 4.74 Å². The molecule has 0 saturated carbocycles. The van der Waals surface area contributed by atoms with E-state index in [2.05, 4.69) is 4.98 Å². The monoisotopic (exact) mass is 244 g/mol. The minimum Gasteiger partial charge on any atom is -0.496 e. The number of aromatic nitrogens is 1. The average Bonchev–Trinajstić information content (AvgIpc) is 2.39. The molecule has 0 aliphatic rings. The lowest BCUT2D eigenvalue weighted by atomic mass is 10.1. The van der Waals surface area contributed by atoms with Crippen LogP contribution in [0.5, 0.6) is 5.75 Å². The zero-order valence-corrected chi connectivity index (χ0v) is 9.90. The van der Waals surface area contributed by atoms with E-state index in [4.69, 9.17) is 21.6 Å². The standard InChI is InChI=1S/C13H9ClN2O/c1-17-13-5-3-10(14)6-11(13)12-4-2-9(7-15)8-16-12/h2-6,8H,1H3. The summed E-state index contributed by atoms with van der Waals surface area (Å²) in [6, 6.07) is 10.8. The first-order valence-electron chi connectivity index (χ1n) is 4.94. The normalized spacial score (nSPS) is 9.71. The third-order valence-electron chi connectivity index (χ3n) is 2.33. The highest BCUT2D eigenvalue weighted by molar-refractivity contribution is 6.30. The Morgan fingerprint density at radius 1 is 1.29 bits per heavy atom. The largest absolute Gasteiger partial charge is 0.496 e. The van der Waals surface area contributed by atoms with Crippen LogP contribution in [0, 0.1) is 11.3 Å². The van der Waals surface area contributed by atoms with Crippen molar-refractivity contribution in [1.82, 2.24) is 4.98 Å². The van der Waals surface area contributed by atoms with E-state index >= 15 is 0 Å². The first-order valence-corrected chi connectivity index (χ1v) is 5.32. The number of nitrogens with zero attached hydrogens (tertiary/aromatic N) is 2. The summed E-state index contributed by atoms with van der Waals surface area (Å²) in [6.07, 6.45) is 1.52. The van der Waals surface area contributed by atoms with Crippen LogP contribution in [0.1, 0.15) is 5.56 Å². The van der Waals surface area contributed by atoms with E-state index in [0.29, 0.717) is 16.3 Å². The van der Waals surface area contributed by atoms with Crippen molar-refractivity contribution in [2.75, 3.05) is 7.11 Å². The molecule has 0 bridgehead atoms. The molecule has 84 valence electrons. The Morgan fingerprint density at radius 2 is 2.12 bits per heavy atom. The van der Waals surface area contributed by atoms with E-state index in [1.807, 2.05) is 6.07 Å². The number of rotatable bonds is 2. The molecule has 0 aliphatic heterocycles. The molecular weight excluding hydrogens is 236 g/mol. The van der Waals surface area contributed by atoms with Crippen molar-refractivity contribution in [3.8, 4) is 23.1 Å². The van der Waals surface area contributed by atoms with Crippen LogP contribution in [0.4, 0.5) is 0 Å². The minimum absolute atomic E-state index is 0.523. The lowest BCUT2D eigenvalue weighted by Gasteiger charge is -2.08. The highest BCUT2D eigenvalue weighted by Crippen LogP contribution is 2.31. The Bertz CT molecular complexity index is 573. The van der Waals surface area contributed by atoms with Gasteiger partial charge in [-0.05, 0) is 30.3 Å². The molecule has 0 radical (unpaired) electrons. The lowest BCUT2D eigenvalue weighted by molar-refractivity contribution is 0.416. The topological polar surface area (TPSA) is 45.9 Å². The molecule has 0 aliphatic carbocycles. The number of hydrogen-bond donors (Lipinski definition) is 0. The fourth-order valence-electron chi connectivity index (χ4n) is 1.50. The average molecular weight is 245 g/mol. The van der Waals surface area contributed by atoms with Gasteiger partial charge in [0.2, 0.25) is 0 Å². The van der Waals surface area contributed by atoms with Gasteiger partial charge in [0.1, 0.15) is 11.8 Å². The summed E-state index contributed by atoms with van der Waals surface area (Å²) in [4.78, 5) is 4.21. The Labute approximate surface area is 104 Å². The molecule has 2 rings (SSSR count). The van der Waals surface area contributed by atoms with Crippen LogP contribution in [0.2, 0.25) is 5.02 Å². The van der Waals surface area contributed by atoms with Crippen LogP contribution in [0.25, 0.3) is 11.3 Å². The maximum absolute atomic E-state index is 8.71. The molecule has 0 amide bonds. The van der Waals surface area contributed by atoms with Crippen molar-refractivity contribution in [2.45, 2.75) is 0 Å². The fourth-order valence-corrected chi connectivity index (χ4v) is 1.67. The van der Waals surface area contributed by atoms with Crippen molar-refractivity contribution in [2.24, 2.45) is 0 Å². The summed E-state index contributed by atoms with van der Waals surface area (Å²) in [5, 5.41) is 9.33. The molecule has 0 saturated heterocycles. The second-order valence-electron chi connectivity index (χ2n) is 3.39. The number of hydrogen-bond acceptors (Lipinski definition) is 3. The van der Waals surface area contributed by atoms with Gasteiger partial charge < -0.3 is 4.74 Å². The van der Waals surface area contributed by atoms with E-state index in [0.717, 1.165) is 11.3 Å². The SMILES string of the molecule is COc1ccc(Cl)cc1-c1ccc(C#N)cn1. The van der Waals surface area contributed by atoms with Gasteiger partial charge in [0.05, 0.1) is 18.4 Å². The summed E-state index contributed by atoms with van der Waals surface area (Å²) < 4.78 is 5.25. The predicted octanol–water partition coefficient (Wildman–Crippen LogP) is 3.28. The second-order valence-corrected chi connectivity index (χ2v) is 3.82. The van der Waals surface area contributed by atoms with Crippen molar-refractivity contribution in [3.63, 3.8) is 0 Å². The summed E-state index contributed by atoms with van der Waals surface area (Å²) in [5.74, 6) is 0.701. The lowest BCUT2D eigenvalue weighted by Crippen LogP contribution is -1.90. The quantitative estimate of drug-likeness (QED) is 0.814. The predicted molar refractivity (Wildman–Crippen MR) is 66.0 cm³/mol. The van der Waals surface area contributed by atoms with Crippen molar-refractivity contribution in [1.29, 1.82) is 5.26 Å². The smallest absolute Gasteiger partial charge is 0.128 e. The fraction of sp³-hybridized carbons (Fsp3) is 0.0769. The van der Waals surface area contributed by atoms with E-state index in [9.17, 15) is 0 Å². The molecule has 0 unspecified atom stereocenters. The van der Waals surface area contributed by atoms with E-state index in [-0.39, 0.29) is 0 Å². The highest BCUT2D eigenvalue weighted by Gasteiger charge is 2.07. The molecule has 1 heterocycles. The van der Waals surface area contributed by atoms with Crippen LogP contribution in [-0.4, -0.2) is 12.1 Å². The highest BCUT2D eigenvalue weighted by atomic mass is 35.5. The van der Waals surface area contributed by atoms with Crippen LogP contribution in [0.15, 0.2) is 36.5 Å². The zero-order chi connectivity index (χ0) is 12.3. The maximum Gasteiger partial charge on any atom is 0.128 e. The van der Waals surface area contributed by atoms with Gasteiger partial charge in [0.15, 0.2) is 0 Å². The first kappa shape index (κ1) is 11.4. The Kier molecular flexibility index (Phi) is 3.27. The number of pyridine rings is 1. The molecule has 0 N–H and O–H groups in total. The molecule has 0 spiro atoms. The number of halogens is 1. The number of benzene rings is 1. The second kappa shape index (κ2) is 4.86.